The van der Waals surface area contributed by atoms with Crippen molar-refractivity contribution in [1.82, 2.24) is 5.32 Å². The molecule has 0 heterocycles. The number of nitrogens with zero attached hydrogens (tertiary/aromatic N) is 1. The standard InChI is InChI=1S/C31H40N2O6/c1-22(2)33(23(3)35)28-6-4-5-25(17-28)21-38-15-16-39-29-10-7-24(8-11-29)13-14-32-19-31(37)26-9-12-30(36)27(18-26)20-34/h4-12,17-18,22,31-32,34,36-37H,13-16,19-21H2,1-3H3/t31-/m1/s1. The molecule has 39 heavy (non-hydrogen) atoms. The number of hydrogen-bond acceptors (Lipinski definition) is 7. The smallest absolute Gasteiger partial charge is 0.224 e. The van der Waals surface area contributed by atoms with Crippen LogP contribution in [0.3, 0.4) is 0 Å². The number of phenols is 1. The normalized spacial score (nSPS) is 11.9. The van der Waals surface area contributed by atoms with Gasteiger partial charge in [-0.25, -0.2) is 0 Å². The fraction of sp³-hybridized carbons (Fsp3) is 0.387. The second-order valence-electron chi connectivity index (χ2n) is 9.71. The molecule has 0 radical (unpaired) electrons. The molecule has 1 atom stereocenters. The lowest BCUT2D eigenvalue weighted by Gasteiger charge is -2.25. The second-order valence-corrected chi connectivity index (χ2v) is 9.71. The molecule has 3 aromatic carbocycles. The minimum absolute atomic E-state index is 0.0149. The summed E-state index contributed by atoms with van der Waals surface area (Å²) in [6.07, 6.45) is 0.0675. The number of carbonyl (C=O) groups excluding carboxylic acids is 1. The number of ether oxygens (including phenoxy) is 2. The number of hydrogen-bond donors (Lipinski definition) is 4. The van der Waals surface area contributed by atoms with Crippen molar-refractivity contribution in [2.45, 2.75) is 52.6 Å². The minimum Gasteiger partial charge on any atom is -0.508 e. The van der Waals surface area contributed by atoms with Crippen molar-refractivity contribution in [3.05, 3.63) is 89.0 Å². The van der Waals surface area contributed by atoms with E-state index in [1.807, 2.05) is 62.4 Å². The highest BCUT2D eigenvalue weighted by molar-refractivity contribution is 5.92. The Kier molecular flexibility index (Phi) is 11.8. The number of rotatable bonds is 15. The van der Waals surface area contributed by atoms with Crippen LogP contribution in [0.4, 0.5) is 5.69 Å². The van der Waals surface area contributed by atoms with Gasteiger partial charge in [-0.15, -0.1) is 0 Å². The molecule has 0 aliphatic carbocycles. The molecule has 0 saturated heterocycles. The summed E-state index contributed by atoms with van der Waals surface area (Å²) in [6, 6.07) is 20.6. The van der Waals surface area contributed by atoms with E-state index in [-0.39, 0.29) is 24.3 Å². The van der Waals surface area contributed by atoms with Crippen LogP contribution in [0.25, 0.3) is 0 Å². The Morgan fingerprint density at radius 1 is 1.00 bits per heavy atom. The summed E-state index contributed by atoms with van der Waals surface area (Å²) in [4.78, 5) is 13.7. The molecular weight excluding hydrogens is 496 g/mol. The van der Waals surface area contributed by atoms with Crippen molar-refractivity contribution in [3.8, 4) is 11.5 Å². The van der Waals surface area contributed by atoms with Crippen LogP contribution in [0, 0.1) is 0 Å². The third-order valence-corrected chi connectivity index (χ3v) is 6.32. The monoisotopic (exact) mass is 536 g/mol. The average molecular weight is 537 g/mol. The topological polar surface area (TPSA) is 111 Å². The molecular formula is C31H40N2O6. The first kappa shape index (κ1) is 30.1. The molecule has 0 unspecified atom stereocenters. The van der Waals surface area contributed by atoms with Gasteiger partial charge in [-0.2, -0.15) is 0 Å². The Morgan fingerprint density at radius 3 is 2.46 bits per heavy atom. The molecule has 0 spiro atoms. The number of benzene rings is 3. The van der Waals surface area contributed by atoms with Crippen molar-refractivity contribution in [2.75, 3.05) is 31.2 Å². The lowest BCUT2D eigenvalue weighted by atomic mass is 10.1. The van der Waals surface area contributed by atoms with Gasteiger partial charge in [0.1, 0.15) is 18.1 Å². The molecule has 1 amide bonds. The van der Waals surface area contributed by atoms with Gasteiger partial charge in [-0.3, -0.25) is 4.79 Å². The van der Waals surface area contributed by atoms with Crippen LogP contribution in [0.2, 0.25) is 0 Å². The van der Waals surface area contributed by atoms with Gasteiger partial charge < -0.3 is 35.0 Å². The minimum atomic E-state index is -0.729. The zero-order valence-corrected chi connectivity index (χ0v) is 23.0. The maximum absolute atomic E-state index is 12.0. The Bertz CT molecular complexity index is 1180. The number of aliphatic hydroxyl groups is 2. The Labute approximate surface area is 230 Å². The van der Waals surface area contributed by atoms with Gasteiger partial charge in [0.15, 0.2) is 0 Å². The van der Waals surface area contributed by atoms with Crippen LogP contribution in [-0.4, -0.2) is 53.6 Å². The van der Waals surface area contributed by atoms with Crippen LogP contribution in [0.5, 0.6) is 11.5 Å². The fourth-order valence-corrected chi connectivity index (χ4v) is 4.33. The van der Waals surface area contributed by atoms with Gasteiger partial charge in [-0.05, 0) is 79.9 Å². The van der Waals surface area contributed by atoms with E-state index < -0.39 is 6.10 Å². The molecule has 210 valence electrons. The highest BCUT2D eigenvalue weighted by atomic mass is 16.5. The van der Waals surface area contributed by atoms with E-state index in [9.17, 15) is 20.1 Å². The lowest BCUT2D eigenvalue weighted by molar-refractivity contribution is -0.116. The zero-order valence-electron chi connectivity index (χ0n) is 23.0. The molecule has 0 bridgehead atoms. The molecule has 8 nitrogen and oxygen atoms in total. The summed E-state index contributed by atoms with van der Waals surface area (Å²) in [5.41, 5.74) is 4.07. The van der Waals surface area contributed by atoms with Gasteiger partial charge in [-0.1, -0.05) is 30.3 Å². The fourth-order valence-electron chi connectivity index (χ4n) is 4.33. The van der Waals surface area contributed by atoms with Crippen LogP contribution in [0.1, 0.15) is 49.1 Å². The third kappa shape index (κ3) is 9.37. The molecule has 4 N–H and O–H groups in total. The van der Waals surface area contributed by atoms with Crippen molar-refractivity contribution in [3.63, 3.8) is 0 Å². The van der Waals surface area contributed by atoms with Crippen molar-refractivity contribution in [2.24, 2.45) is 0 Å². The van der Waals surface area contributed by atoms with Gasteiger partial charge in [0.2, 0.25) is 5.91 Å². The van der Waals surface area contributed by atoms with Crippen LogP contribution in [0.15, 0.2) is 66.7 Å². The first-order valence-corrected chi connectivity index (χ1v) is 13.3. The van der Waals surface area contributed by atoms with Crippen LogP contribution in [-0.2, 0) is 29.2 Å². The highest BCUT2D eigenvalue weighted by Crippen LogP contribution is 2.22. The molecule has 0 aliphatic rings. The molecule has 3 rings (SSSR count). The van der Waals surface area contributed by atoms with Gasteiger partial charge in [0.05, 0.1) is 25.9 Å². The number of aromatic hydroxyl groups is 1. The maximum atomic E-state index is 12.0. The largest absolute Gasteiger partial charge is 0.508 e. The van der Waals surface area contributed by atoms with Crippen molar-refractivity contribution >= 4 is 11.6 Å². The summed E-state index contributed by atoms with van der Waals surface area (Å²) in [5.74, 6) is 0.808. The SMILES string of the molecule is CC(=O)N(c1cccc(COCCOc2ccc(CCNC[C@@H](O)c3ccc(O)c(CO)c3)cc2)c1)C(C)C. The van der Waals surface area contributed by atoms with Crippen molar-refractivity contribution < 1.29 is 29.6 Å². The summed E-state index contributed by atoms with van der Waals surface area (Å²) < 4.78 is 11.6. The molecule has 3 aromatic rings. The summed E-state index contributed by atoms with van der Waals surface area (Å²) in [5, 5.41) is 32.5. The number of aliphatic hydroxyl groups excluding tert-OH is 2. The second kappa shape index (κ2) is 15.2. The van der Waals surface area contributed by atoms with E-state index >= 15 is 0 Å². The molecule has 0 aromatic heterocycles. The number of anilines is 1. The predicted octanol–water partition coefficient (Wildman–Crippen LogP) is 4.11. The molecule has 0 saturated carbocycles. The number of amides is 1. The van der Waals surface area contributed by atoms with Gasteiger partial charge in [0, 0.05) is 30.8 Å². The van der Waals surface area contributed by atoms with E-state index in [1.165, 1.54) is 6.07 Å². The lowest BCUT2D eigenvalue weighted by Crippen LogP contribution is -2.35. The quantitative estimate of drug-likeness (QED) is 0.216. The summed E-state index contributed by atoms with van der Waals surface area (Å²) in [7, 11) is 0. The van der Waals surface area contributed by atoms with Gasteiger partial charge in [0.25, 0.3) is 0 Å². The first-order chi connectivity index (χ1) is 18.8. The number of nitrogens with one attached hydrogen (secondary N) is 1. The summed E-state index contributed by atoms with van der Waals surface area (Å²) in [6.45, 7) is 7.66. The zero-order chi connectivity index (χ0) is 28.2. The average Bonchev–Trinajstić information content (AvgIpc) is 2.91. The molecule has 0 fully saturated rings. The Hall–Kier alpha value is -3.43. The Morgan fingerprint density at radius 2 is 1.77 bits per heavy atom. The maximum Gasteiger partial charge on any atom is 0.224 e. The Balaban J connectivity index is 1.34. The van der Waals surface area contributed by atoms with E-state index in [1.54, 1.807) is 24.0 Å². The summed E-state index contributed by atoms with van der Waals surface area (Å²) >= 11 is 0. The highest BCUT2D eigenvalue weighted by Gasteiger charge is 2.15. The van der Waals surface area contributed by atoms with E-state index in [0.717, 1.165) is 29.0 Å². The van der Waals surface area contributed by atoms with Crippen molar-refractivity contribution in [1.29, 1.82) is 0 Å². The van der Waals surface area contributed by atoms with E-state index in [0.29, 0.717) is 44.0 Å². The van der Waals surface area contributed by atoms with E-state index in [4.69, 9.17) is 9.47 Å². The van der Waals surface area contributed by atoms with Crippen LogP contribution >= 0.6 is 0 Å². The molecule has 0 aliphatic heterocycles. The van der Waals surface area contributed by atoms with Gasteiger partial charge >= 0.3 is 0 Å². The molecule has 8 heteroatoms. The predicted molar refractivity (Wildman–Crippen MR) is 152 cm³/mol. The number of carbonyl (C=O) groups is 1. The third-order valence-electron chi connectivity index (χ3n) is 6.32. The van der Waals surface area contributed by atoms with E-state index in [2.05, 4.69) is 5.32 Å². The first-order valence-electron chi connectivity index (χ1n) is 13.3. The van der Waals surface area contributed by atoms with Crippen LogP contribution < -0.4 is 15.0 Å².